The van der Waals surface area contributed by atoms with Crippen LogP contribution in [0.2, 0.25) is 0 Å². The number of carbonyl (C=O) groups is 1. The summed E-state index contributed by atoms with van der Waals surface area (Å²) >= 11 is 0. The van der Waals surface area contributed by atoms with Gasteiger partial charge < -0.3 is 5.11 Å². The van der Waals surface area contributed by atoms with Crippen molar-refractivity contribution >= 4 is 5.97 Å². The van der Waals surface area contributed by atoms with Gasteiger partial charge in [0.1, 0.15) is 6.04 Å². The predicted molar refractivity (Wildman–Crippen MR) is 88.7 cm³/mol. The molecule has 2 unspecified atom stereocenters. The second kappa shape index (κ2) is 9.45. The second-order valence-electron chi connectivity index (χ2n) is 6.95. The first-order valence-corrected chi connectivity index (χ1v) is 9.04. The molecule has 1 aliphatic rings. The van der Waals surface area contributed by atoms with Crippen LogP contribution in [0.4, 0.5) is 0 Å². The Morgan fingerprint density at radius 2 is 1.67 bits per heavy atom. The third-order valence-corrected chi connectivity index (χ3v) is 5.12. The van der Waals surface area contributed by atoms with Gasteiger partial charge in [-0.25, -0.2) is 0 Å². The third kappa shape index (κ3) is 5.61. The van der Waals surface area contributed by atoms with Gasteiger partial charge in [-0.2, -0.15) is 0 Å². The summed E-state index contributed by atoms with van der Waals surface area (Å²) in [7, 11) is 0. The van der Waals surface area contributed by atoms with Gasteiger partial charge in [-0.15, -0.1) is 0 Å². The van der Waals surface area contributed by atoms with Crippen molar-refractivity contribution < 1.29 is 9.90 Å². The zero-order chi connectivity index (χ0) is 15.7. The van der Waals surface area contributed by atoms with Crippen molar-refractivity contribution in [3.63, 3.8) is 0 Å². The van der Waals surface area contributed by atoms with Gasteiger partial charge in [0.2, 0.25) is 0 Å². The molecule has 1 N–H and O–H groups in total. The maximum Gasteiger partial charge on any atom is 0.320 e. The van der Waals surface area contributed by atoms with Crippen molar-refractivity contribution in [3.8, 4) is 0 Å². The molecule has 3 heteroatoms. The number of nitrogens with zero attached hydrogens (tertiary/aromatic N) is 1. The van der Waals surface area contributed by atoms with Crippen molar-refractivity contribution in [2.75, 3.05) is 6.54 Å². The standard InChI is InChI=1S/C18H35NO2/c1-4-6-8-10-14-18(3,13-9-7-5-2)19-15-11-12-16(19)17(20)21/h16H,4-15H2,1-3H3,(H,20,21). The number of unbranched alkanes of at least 4 members (excludes halogenated alkanes) is 5. The maximum absolute atomic E-state index is 11.5. The van der Waals surface area contributed by atoms with Crippen molar-refractivity contribution in [2.24, 2.45) is 0 Å². The molecule has 1 fully saturated rings. The van der Waals surface area contributed by atoms with E-state index in [0.717, 1.165) is 32.2 Å². The number of aliphatic carboxylic acids is 1. The van der Waals surface area contributed by atoms with Crippen LogP contribution in [0, 0.1) is 0 Å². The largest absolute Gasteiger partial charge is 0.480 e. The molecule has 0 aliphatic carbocycles. The number of hydrogen-bond donors (Lipinski definition) is 1. The molecule has 3 nitrogen and oxygen atoms in total. The minimum Gasteiger partial charge on any atom is -0.480 e. The monoisotopic (exact) mass is 297 g/mol. The molecule has 0 bridgehead atoms. The van der Waals surface area contributed by atoms with E-state index in [9.17, 15) is 9.90 Å². The predicted octanol–water partition coefficient (Wildman–Crippen LogP) is 4.84. The highest BCUT2D eigenvalue weighted by Crippen LogP contribution is 2.35. The average molecular weight is 297 g/mol. The van der Waals surface area contributed by atoms with Crippen LogP contribution >= 0.6 is 0 Å². The first-order chi connectivity index (χ1) is 10.0. The average Bonchev–Trinajstić information content (AvgIpc) is 2.94. The molecule has 0 saturated carbocycles. The van der Waals surface area contributed by atoms with Gasteiger partial charge in [0, 0.05) is 5.54 Å². The van der Waals surface area contributed by atoms with Gasteiger partial charge in [-0.05, 0) is 39.2 Å². The molecule has 1 aliphatic heterocycles. The molecule has 0 amide bonds. The van der Waals surface area contributed by atoms with Crippen LogP contribution in [0.25, 0.3) is 0 Å². The molecule has 0 aromatic heterocycles. The number of hydrogen-bond acceptors (Lipinski definition) is 2. The fourth-order valence-corrected chi connectivity index (χ4v) is 3.77. The normalized spacial score (nSPS) is 22.3. The molecule has 1 heterocycles. The summed E-state index contributed by atoms with van der Waals surface area (Å²) in [6.07, 6.45) is 13.0. The zero-order valence-corrected chi connectivity index (χ0v) is 14.4. The molecule has 2 atom stereocenters. The van der Waals surface area contributed by atoms with Crippen LogP contribution in [0.3, 0.4) is 0 Å². The molecule has 0 aromatic carbocycles. The van der Waals surface area contributed by atoms with E-state index in [1.54, 1.807) is 0 Å². The van der Waals surface area contributed by atoms with Crippen molar-refractivity contribution in [2.45, 2.75) is 103 Å². The fourth-order valence-electron chi connectivity index (χ4n) is 3.77. The molecule has 21 heavy (non-hydrogen) atoms. The van der Waals surface area contributed by atoms with Crippen LogP contribution < -0.4 is 0 Å². The highest BCUT2D eigenvalue weighted by atomic mass is 16.4. The molecule has 124 valence electrons. The lowest BCUT2D eigenvalue weighted by Gasteiger charge is -2.42. The number of rotatable bonds is 11. The summed E-state index contributed by atoms with van der Waals surface area (Å²) in [5.74, 6) is -0.622. The summed E-state index contributed by atoms with van der Waals surface area (Å²) in [5, 5.41) is 9.49. The first kappa shape index (κ1) is 18.5. The fraction of sp³-hybridized carbons (Fsp3) is 0.944. The Bertz CT molecular complexity index is 306. The Labute approximate surface area is 131 Å². The number of carboxylic acids is 1. The Morgan fingerprint density at radius 1 is 1.10 bits per heavy atom. The van der Waals surface area contributed by atoms with Gasteiger partial charge in [0.15, 0.2) is 0 Å². The first-order valence-electron chi connectivity index (χ1n) is 9.04. The van der Waals surface area contributed by atoms with E-state index in [0.29, 0.717) is 0 Å². The topological polar surface area (TPSA) is 40.5 Å². The zero-order valence-electron chi connectivity index (χ0n) is 14.4. The highest BCUT2D eigenvalue weighted by molar-refractivity contribution is 5.74. The van der Waals surface area contributed by atoms with E-state index in [1.807, 2.05) is 0 Å². The Balaban J connectivity index is 2.66. The SMILES string of the molecule is CCCCCCC(C)(CCCCC)N1CCCC1C(=O)O. The molecule has 0 aromatic rings. The van der Waals surface area contributed by atoms with Gasteiger partial charge >= 0.3 is 5.97 Å². The van der Waals surface area contributed by atoms with Crippen LogP contribution in [0.1, 0.15) is 91.4 Å². The van der Waals surface area contributed by atoms with E-state index < -0.39 is 5.97 Å². The van der Waals surface area contributed by atoms with E-state index in [1.165, 1.54) is 44.9 Å². The molecule has 0 radical (unpaired) electrons. The van der Waals surface area contributed by atoms with E-state index in [4.69, 9.17) is 0 Å². The lowest BCUT2D eigenvalue weighted by atomic mass is 9.86. The van der Waals surface area contributed by atoms with Crippen LogP contribution in [0.5, 0.6) is 0 Å². The Morgan fingerprint density at radius 3 is 2.24 bits per heavy atom. The van der Waals surface area contributed by atoms with Gasteiger partial charge in [-0.3, -0.25) is 9.69 Å². The summed E-state index contributed by atoms with van der Waals surface area (Å²) in [4.78, 5) is 13.8. The van der Waals surface area contributed by atoms with Gasteiger partial charge in [0.25, 0.3) is 0 Å². The quantitative estimate of drug-likeness (QED) is 0.554. The van der Waals surface area contributed by atoms with E-state index in [2.05, 4.69) is 25.7 Å². The minimum absolute atomic E-state index is 0.0858. The summed E-state index contributed by atoms with van der Waals surface area (Å²) in [6, 6.07) is -0.247. The summed E-state index contributed by atoms with van der Waals surface area (Å²) in [5.41, 5.74) is 0.0858. The summed E-state index contributed by atoms with van der Waals surface area (Å²) in [6.45, 7) is 7.75. The molecule has 0 spiro atoms. The summed E-state index contributed by atoms with van der Waals surface area (Å²) < 4.78 is 0. The molecular formula is C18H35NO2. The van der Waals surface area contributed by atoms with Gasteiger partial charge in [0.05, 0.1) is 0 Å². The van der Waals surface area contributed by atoms with Crippen LogP contribution in [-0.4, -0.2) is 34.1 Å². The number of carboxylic acid groups (broad SMARTS) is 1. The van der Waals surface area contributed by atoms with Crippen molar-refractivity contribution in [1.82, 2.24) is 4.90 Å². The van der Waals surface area contributed by atoms with Gasteiger partial charge in [-0.1, -0.05) is 58.8 Å². The third-order valence-electron chi connectivity index (χ3n) is 5.12. The van der Waals surface area contributed by atoms with Crippen LogP contribution in [-0.2, 0) is 4.79 Å². The van der Waals surface area contributed by atoms with E-state index >= 15 is 0 Å². The molecule has 1 saturated heterocycles. The second-order valence-corrected chi connectivity index (χ2v) is 6.95. The lowest BCUT2D eigenvalue weighted by molar-refractivity contribution is -0.144. The highest BCUT2D eigenvalue weighted by Gasteiger charge is 2.41. The maximum atomic E-state index is 11.5. The number of likely N-dealkylation sites (tertiary alicyclic amines) is 1. The van der Waals surface area contributed by atoms with E-state index in [-0.39, 0.29) is 11.6 Å². The minimum atomic E-state index is -0.622. The Hall–Kier alpha value is -0.570. The lowest BCUT2D eigenvalue weighted by Crippen LogP contribution is -2.51. The van der Waals surface area contributed by atoms with Crippen molar-refractivity contribution in [3.05, 3.63) is 0 Å². The van der Waals surface area contributed by atoms with Crippen LogP contribution in [0.15, 0.2) is 0 Å². The smallest absolute Gasteiger partial charge is 0.320 e. The van der Waals surface area contributed by atoms with Crippen molar-refractivity contribution in [1.29, 1.82) is 0 Å². The molecular weight excluding hydrogens is 262 g/mol. The Kier molecular flexibility index (Phi) is 8.31. The molecule has 1 rings (SSSR count).